The number of benzene rings is 1. The summed E-state index contributed by atoms with van der Waals surface area (Å²) < 4.78 is 0. The third-order valence-corrected chi connectivity index (χ3v) is 4.65. The van der Waals surface area contributed by atoms with E-state index in [9.17, 15) is 0 Å². The molecular weight excluding hydrogens is 244 g/mol. The zero-order valence-electron chi connectivity index (χ0n) is 11.2. The van der Waals surface area contributed by atoms with Gasteiger partial charge in [0.25, 0.3) is 0 Å². The topological polar surface area (TPSA) is 38.0 Å². The van der Waals surface area contributed by atoms with Crippen molar-refractivity contribution in [3.63, 3.8) is 0 Å². The second-order valence-electron chi connectivity index (χ2n) is 6.04. The molecule has 1 fully saturated rings. The average Bonchev–Trinajstić information content (AvgIpc) is 2.34. The maximum atomic E-state index is 5.95. The fourth-order valence-electron chi connectivity index (χ4n) is 3.25. The summed E-state index contributed by atoms with van der Waals surface area (Å²) >= 11 is 5.95. The molecule has 0 bridgehead atoms. The molecule has 0 aromatic heterocycles. The average molecular weight is 267 g/mol. The van der Waals surface area contributed by atoms with Crippen LogP contribution in [0.25, 0.3) is 0 Å². The van der Waals surface area contributed by atoms with Crippen LogP contribution in [-0.4, -0.2) is 0 Å². The minimum atomic E-state index is 0.220. The van der Waals surface area contributed by atoms with E-state index in [0.717, 1.165) is 5.02 Å². The first-order chi connectivity index (χ1) is 8.54. The van der Waals surface area contributed by atoms with Gasteiger partial charge in [-0.25, -0.2) is 0 Å². The number of nitrogens with two attached hydrogens (primary N) is 1. The van der Waals surface area contributed by atoms with Gasteiger partial charge in [-0.05, 0) is 41.9 Å². The van der Waals surface area contributed by atoms with E-state index in [2.05, 4.69) is 31.4 Å². The molecule has 2 atom stereocenters. The van der Waals surface area contributed by atoms with Gasteiger partial charge in [0.05, 0.1) is 0 Å². The quantitative estimate of drug-likeness (QED) is 0.640. The van der Waals surface area contributed by atoms with E-state index in [0.29, 0.717) is 11.3 Å². The van der Waals surface area contributed by atoms with E-state index in [1.807, 2.05) is 12.1 Å². The number of hydrogen-bond acceptors (Lipinski definition) is 2. The largest absolute Gasteiger partial charge is 0.271 e. The molecule has 1 aliphatic carbocycles. The van der Waals surface area contributed by atoms with Crippen molar-refractivity contribution in [3.8, 4) is 0 Å². The van der Waals surface area contributed by atoms with Gasteiger partial charge < -0.3 is 0 Å². The molecule has 1 aromatic rings. The SMILES string of the molecule is CC1(C)CCCCC1C(NN)c1ccc(Cl)cc1. The number of hydrazine groups is 1. The highest BCUT2D eigenvalue weighted by molar-refractivity contribution is 6.30. The molecule has 2 rings (SSSR count). The van der Waals surface area contributed by atoms with Gasteiger partial charge in [0.15, 0.2) is 0 Å². The van der Waals surface area contributed by atoms with E-state index in [1.165, 1.54) is 31.2 Å². The maximum Gasteiger partial charge on any atom is 0.0493 e. The van der Waals surface area contributed by atoms with Gasteiger partial charge in [0.2, 0.25) is 0 Å². The van der Waals surface area contributed by atoms with E-state index in [1.54, 1.807) is 0 Å². The van der Waals surface area contributed by atoms with Crippen molar-refractivity contribution in [2.24, 2.45) is 17.2 Å². The van der Waals surface area contributed by atoms with Crippen molar-refractivity contribution in [3.05, 3.63) is 34.9 Å². The Kier molecular flexibility index (Phi) is 4.31. The molecule has 100 valence electrons. The smallest absolute Gasteiger partial charge is 0.0493 e. The van der Waals surface area contributed by atoms with Gasteiger partial charge in [-0.15, -0.1) is 0 Å². The lowest BCUT2D eigenvalue weighted by Crippen LogP contribution is -2.41. The predicted molar refractivity (Wildman–Crippen MR) is 77.3 cm³/mol. The van der Waals surface area contributed by atoms with Crippen LogP contribution in [0.5, 0.6) is 0 Å². The summed E-state index contributed by atoms with van der Waals surface area (Å²) in [6.07, 6.45) is 5.16. The number of rotatable bonds is 3. The Morgan fingerprint density at radius 3 is 2.50 bits per heavy atom. The first kappa shape index (κ1) is 13.9. The van der Waals surface area contributed by atoms with Crippen molar-refractivity contribution < 1.29 is 0 Å². The minimum absolute atomic E-state index is 0.220. The number of hydrogen-bond donors (Lipinski definition) is 2. The van der Waals surface area contributed by atoms with Gasteiger partial charge in [-0.2, -0.15) is 0 Å². The molecule has 1 aliphatic rings. The van der Waals surface area contributed by atoms with Crippen LogP contribution in [0.3, 0.4) is 0 Å². The molecule has 18 heavy (non-hydrogen) atoms. The maximum absolute atomic E-state index is 5.95. The van der Waals surface area contributed by atoms with Crippen LogP contribution < -0.4 is 11.3 Å². The van der Waals surface area contributed by atoms with Crippen LogP contribution in [0.1, 0.15) is 51.1 Å². The standard InChI is InChI=1S/C15H23ClN2/c1-15(2)10-4-3-5-13(15)14(18-17)11-6-8-12(16)9-7-11/h6-9,13-14,18H,3-5,10,17H2,1-2H3. The van der Waals surface area contributed by atoms with Gasteiger partial charge >= 0.3 is 0 Å². The fraction of sp³-hybridized carbons (Fsp3) is 0.600. The predicted octanol–water partition coefficient (Wildman–Crippen LogP) is 4.06. The summed E-state index contributed by atoms with van der Waals surface area (Å²) in [5.74, 6) is 6.39. The Bertz CT molecular complexity index is 386. The summed E-state index contributed by atoms with van der Waals surface area (Å²) in [5.41, 5.74) is 4.60. The zero-order chi connectivity index (χ0) is 13.2. The first-order valence-corrected chi connectivity index (χ1v) is 7.14. The minimum Gasteiger partial charge on any atom is -0.271 e. The summed E-state index contributed by atoms with van der Waals surface area (Å²) in [4.78, 5) is 0. The molecule has 1 saturated carbocycles. The van der Waals surface area contributed by atoms with Crippen molar-refractivity contribution >= 4 is 11.6 Å². The van der Waals surface area contributed by atoms with Crippen LogP contribution in [-0.2, 0) is 0 Å². The van der Waals surface area contributed by atoms with Crippen LogP contribution >= 0.6 is 11.6 Å². The molecule has 0 aliphatic heterocycles. The summed E-state index contributed by atoms with van der Waals surface area (Å²) in [5, 5.41) is 0.775. The second-order valence-corrected chi connectivity index (χ2v) is 6.47. The lowest BCUT2D eigenvalue weighted by molar-refractivity contribution is 0.0982. The Labute approximate surface area is 115 Å². The number of nitrogens with one attached hydrogen (secondary N) is 1. The molecule has 3 heteroatoms. The Balaban J connectivity index is 2.24. The molecule has 2 nitrogen and oxygen atoms in total. The normalized spacial score (nSPS) is 24.8. The van der Waals surface area contributed by atoms with Crippen molar-refractivity contribution in [1.82, 2.24) is 5.43 Å². The van der Waals surface area contributed by atoms with Crippen molar-refractivity contribution in [1.29, 1.82) is 0 Å². The van der Waals surface area contributed by atoms with Crippen LogP contribution in [0.15, 0.2) is 24.3 Å². The van der Waals surface area contributed by atoms with E-state index >= 15 is 0 Å². The highest BCUT2D eigenvalue weighted by Crippen LogP contribution is 2.46. The third kappa shape index (κ3) is 2.87. The molecule has 0 amide bonds. The summed E-state index contributed by atoms with van der Waals surface area (Å²) in [7, 11) is 0. The molecule has 0 saturated heterocycles. The highest BCUT2D eigenvalue weighted by Gasteiger charge is 2.37. The van der Waals surface area contributed by atoms with Gasteiger partial charge in [0.1, 0.15) is 0 Å². The molecule has 0 spiro atoms. The van der Waals surface area contributed by atoms with Crippen LogP contribution in [0, 0.1) is 11.3 Å². The van der Waals surface area contributed by atoms with E-state index in [4.69, 9.17) is 17.4 Å². The van der Waals surface area contributed by atoms with Gasteiger partial charge in [-0.3, -0.25) is 11.3 Å². The molecule has 1 aromatic carbocycles. The molecular formula is C15H23ClN2. The lowest BCUT2D eigenvalue weighted by atomic mass is 9.65. The van der Waals surface area contributed by atoms with E-state index in [-0.39, 0.29) is 6.04 Å². The fourth-order valence-corrected chi connectivity index (χ4v) is 3.38. The Morgan fingerprint density at radius 1 is 1.28 bits per heavy atom. The van der Waals surface area contributed by atoms with E-state index < -0.39 is 0 Å². The van der Waals surface area contributed by atoms with Crippen molar-refractivity contribution in [2.45, 2.75) is 45.6 Å². The molecule has 2 unspecified atom stereocenters. The van der Waals surface area contributed by atoms with Gasteiger partial charge in [-0.1, -0.05) is 50.4 Å². The highest BCUT2D eigenvalue weighted by atomic mass is 35.5. The molecule has 0 heterocycles. The first-order valence-electron chi connectivity index (χ1n) is 6.76. The molecule has 3 N–H and O–H groups in total. The number of halogens is 1. The summed E-state index contributed by atoms with van der Waals surface area (Å²) in [6, 6.07) is 8.26. The Hall–Kier alpha value is -0.570. The van der Waals surface area contributed by atoms with Crippen LogP contribution in [0.4, 0.5) is 0 Å². The lowest BCUT2D eigenvalue weighted by Gasteiger charge is -2.43. The van der Waals surface area contributed by atoms with Crippen LogP contribution in [0.2, 0.25) is 5.02 Å². The third-order valence-electron chi connectivity index (χ3n) is 4.40. The summed E-state index contributed by atoms with van der Waals surface area (Å²) in [6.45, 7) is 4.72. The second kappa shape index (κ2) is 5.60. The monoisotopic (exact) mass is 266 g/mol. The zero-order valence-corrected chi connectivity index (χ0v) is 12.0. The Morgan fingerprint density at radius 2 is 1.94 bits per heavy atom. The van der Waals surface area contributed by atoms with Crippen molar-refractivity contribution in [2.75, 3.05) is 0 Å². The van der Waals surface area contributed by atoms with Gasteiger partial charge in [0, 0.05) is 11.1 Å². The molecule has 0 radical (unpaired) electrons.